The van der Waals surface area contributed by atoms with Crippen LogP contribution in [0.3, 0.4) is 0 Å². The van der Waals surface area contributed by atoms with Gasteiger partial charge in [-0.1, -0.05) is 103 Å². The molecule has 25 heavy (non-hydrogen) atoms. The Morgan fingerprint density at radius 2 is 0.960 bits per heavy atom. The molecule has 0 N–H and O–H groups in total. The molecule has 1 fully saturated rings. The van der Waals surface area contributed by atoms with Gasteiger partial charge in [-0.3, -0.25) is 4.21 Å². The van der Waals surface area contributed by atoms with E-state index in [0.717, 1.165) is 24.6 Å². The van der Waals surface area contributed by atoms with Crippen LogP contribution in [-0.2, 0) is 10.8 Å². The minimum Gasteiger partial charge on any atom is -0.302 e. The third-order valence-electron chi connectivity index (χ3n) is 5.60. The van der Waals surface area contributed by atoms with E-state index in [9.17, 15) is 4.21 Å². The van der Waals surface area contributed by atoms with Crippen LogP contribution in [0.2, 0.25) is 0 Å². The van der Waals surface area contributed by atoms with E-state index >= 15 is 0 Å². The first-order valence-corrected chi connectivity index (χ1v) is 12.9. The largest absolute Gasteiger partial charge is 0.302 e. The highest BCUT2D eigenvalue weighted by Gasteiger charge is 2.13. The molecule has 2 nitrogen and oxygen atoms in total. The van der Waals surface area contributed by atoms with Crippen LogP contribution in [0.4, 0.5) is 0 Å². The van der Waals surface area contributed by atoms with E-state index in [1.165, 1.54) is 109 Å². The summed E-state index contributed by atoms with van der Waals surface area (Å²) in [6.07, 6.45) is 23.0. The Morgan fingerprint density at radius 3 is 1.36 bits per heavy atom. The van der Waals surface area contributed by atoms with Crippen molar-refractivity contribution in [2.24, 2.45) is 0 Å². The van der Waals surface area contributed by atoms with Gasteiger partial charge in [-0.2, -0.15) is 0 Å². The second-order valence-electron chi connectivity index (χ2n) is 7.99. The van der Waals surface area contributed by atoms with Crippen molar-refractivity contribution in [2.75, 3.05) is 31.1 Å². The Kier molecular flexibility index (Phi) is 16.2. The maximum atomic E-state index is 11.3. The van der Waals surface area contributed by atoms with Crippen molar-refractivity contribution >= 4 is 10.8 Å². The number of hydrogen-bond acceptors (Lipinski definition) is 2. The van der Waals surface area contributed by atoms with Gasteiger partial charge in [-0.05, 0) is 13.0 Å². The van der Waals surface area contributed by atoms with Crippen molar-refractivity contribution in [3.63, 3.8) is 0 Å². The van der Waals surface area contributed by atoms with Crippen LogP contribution in [-0.4, -0.2) is 40.2 Å². The molecule has 0 atom stereocenters. The van der Waals surface area contributed by atoms with E-state index in [-0.39, 0.29) is 0 Å². The Hall–Kier alpha value is 0.110. The van der Waals surface area contributed by atoms with Crippen molar-refractivity contribution in [2.45, 2.75) is 110 Å². The summed E-state index contributed by atoms with van der Waals surface area (Å²) < 4.78 is 11.3. The lowest BCUT2D eigenvalue weighted by molar-refractivity contribution is 0.291. The quantitative estimate of drug-likeness (QED) is 0.279. The molecule has 0 unspecified atom stereocenters. The predicted octanol–water partition coefficient (Wildman–Crippen LogP) is 6.31. The molecule has 1 heterocycles. The molecule has 1 aliphatic rings. The Morgan fingerprint density at radius 1 is 0.600 bits per heavy atom. The first-order valence-electron chi connectivity index (χ1n) is 11.4. The van der Waals surface area contributed by atoms with E-state index in [1.54, 1.807) is 0 Å². The summed E-state index contributed by atoms with van der Waals surface area (Å²) in [6, 6.07) is 0. The fourth-order valence-corrected chi connectivity index (χ4v) is 4.91. The number of unbranched alkanes of at least 4 members (excludes halogenated alkanes) is 15. The fraction of sp³-hybridized carbons (Fsp3) is 1.00. The summed E-state index contributed by atoms with van der Waals surface area (Å²) in [4.78, 5) is 2.51. The van der Waals surface area contributed by atoms with Crippen LogP contribution in [0.5, 0.6) is 0 Å². The Labute approximate surface area is 161 Å². The van der Waals surface area contributed by atoms with E-state index in [4.69, 9.17) is 0 Å². The first kappa shape index (κ1) is 23.1. The third-order valence-corrected chi connectivity index (χ3v) is 6.87. The lowest BCUT2D eigenvalue weighted by Crippen LogP contribution is -2.38. The highest BCUT2D eigenvalue weighted by Crippen LogP contribution is 2.14. The van der Waals surface area contributed by atoms with Gasteiger partial charge in [-0.25, -0.2) is 0 Å². The van der Waals surface area contributed by atoms with Gasteiger partial charge in [0.25, 0.3) is 0 Å². The summed E-state index contributed by atoms with van der Waals surface area (Å²) >= 11 is 0. The Balaban J connectivity index is 1.69. The highest BCUT2D eigenvalue weighted by atomic mass is 32.2. The molecular weight excluding hydrogens is 326 g/mol. The summed E-state index contributed by atoms with van der Waals surface area (Å²) in [5.74, 6) is 1.80. The predicted molar refractivity (Wildman–Crippen MR) is 114 cm³/mol. The molecule has 0 saturated carbocycles. The minimum atomic E-state index is -0.522. The molecule has 1 saturated heterocycles. The lowest BCUT2D eigenvalue weighted by Gasteiger charge is -2.25. The summed E-state index contributed by atoms with van der Waals surface area (Å²) in [7, 11) is -0.522. The van der Waals surface area contributed by atoms with Gasteiger partial charge in [-0.15, -0.1) is 0 Å². The van der Waals surface area contributed by atoms with E-state index in [2.05, 4.69) is 11.8 Å². The second kappa shape index (κ2) is 17.5. The molecular formula is C22H45NOS. The molecule has 1 rings (SSSR count). The van der Waals surface area contributed by atoms with Gasteiger partial charge in [0.1, 0.15) is 0 Å². The van der Waals surface area contributed by atoms with Crippen LogP contribution in [0, 0.1) is 0 Å². The SMILES string of the molecule is CCCCCCCCCCCCCCCCCCN1CCS(=O)CC1. The number of nitrogens with zero attached hydrogens (tertiary/aromatic N) is 1. The van der Waals surface area contributed by atoms with Gasteiger partial charge >= 0.3 is 0 Å². The molecule has 0 aliphatic carbocycles. The van der Waals surface area contributed by atoms with Crippen molar-refractivity contribution in [3.8, 4) is 0 Å². The summed E-state index contributed by atoms with van der Waals surface area (Å²) in [5, 5.41) is 0. The average molecular weight is 372 g/mol. The van der Waals surface area contributed by atoms with Crippen molar-refractivity contribution in [3.05, 3.63) is 0 Å². The van der Waals surface area contributed by atoms with Gasteiger partial charge < -0.3 is 4.90 Å². The molecule has 0 aromatic carbocycles. The van der Waals surface area contributed by atoms with E-state index in [0.29, 0.717) is 0 Å². The molecule has 0 aromatic rings. The molecule has 0 radical (unpaired) electrons. The second-order valence-corrected chi connectivity index (χ2v) is 9.69. The molecule has 0 aromatic heterocycles. The monoisotopic (exact) mass is 371 g/mol. The van der Waals surface area contributed by atoms with Crippen LogP contribution >= 0.6 is 0 Å². The van der Waals surface area contributed by atoms with Crippen LogP contribution in [0.25, 0.3) is 0 Å². The van der Waals surface area contributed by atoms with Crippen LogP contribution in [0.15, 0.2) is 0 Å². The van der Waals surface area contributed by atoms with Crippen molar-refractivity contribution in [1.29, 1.82) is 0 Å². The Bertz CT molecular complexity index is 298. The molecule has 0 bridgehead atoms. The van der Waals surface area contributed by atoms with Gasteiger partial charge in [0.05, 0.1) is 0 Å². The summed E-state index contributed by atoms with van der Waals surface area (Å²) in [6.45, 7) is 5.65. The zero-order chi connectivity index (χ0) is 18.0. The smallest absolute Gasteiger partial charge is 0.0363 e. The average Bonchev–Trinajstić information content (AvgIpc) is 2.63. The van der Waals surface area contributed by atoms with Gasteiger partial charge in [0, 0.05) is 35.4 Å². The van der Waals surface area contributed by atoms with Crippen LogP contribution < -0.4 is 0 Å². The maximum absolute atomic E-state index is 11.3. The molecule has 150 valence electrons. The molecule has 0 spiro atoms. The van der Waals surface area contributed by atoms with Crippen molar-refractivity contribution in [1.82, 2.24) is 4.90 Å². The van der Waals surface area contributed by atoms with Crippen LogP contribution in [0.1, 0.15) is 110 Å². The zero-order valence-corrected chi connectivity index (χ0v) is 17.9. The normalized spacial score (nSPS) is 16.5. The highest BCUT2D eigenvalue weighted by molar-refractivity contribution is 7.85. The van der Waals surface area contributed by atoms with E-state index < -0.39 is 10.8 Å². The summed E-state index contributed by atoms with van der Waals surface area (Å²) in [5.41, 5.74) is 0. The molecule has 1 aliphatic heterocycles. The number of hydrogen-bond donors (Lipinski definition) is 0. The third kappa shape index (κ3) is 14.9. The topological polar surface area (TPSA) is 20.3 Å². The van der Waals surface area contributed by atoms with Gasteiger partial charge in [0.2, 0.25) is 0 Å². The first-order chi connectivity index (χ1) is 12.3. The molecule has 0 amide bonds. The molecule has 3 heteroatoms. The fourth-order valence-electron chi connectivity index (χ4n) is 3.78. The van der Waals surface area contributed by atoms with E-state index in [1.807, 2.05) is 0 Å². The van der Waals surface area contributed by atoms with Crippen molar-refractivity contribution < 1.29 is 4.21 Å². The minimum absolute atomic E-state index is 0.522. The number of rotatable bonds is 17. The maximum Gasteiger partial charge on any atom is 0.0363 e. The standard InChI is InChI=1S/C22H45NOS/c1-2-3-4-5-6-7-8-9-10-11-12-13-14-15-16-17-18-23-19-21-25(24)22-20-23/h2-22H2,1H3. The lowest BCUT2D eigenvalue weighted by atomic mass is 10.0. The zero-order valence-electron chi connectivity index (χ0n) is 17.1. The van der Waals surface area contributed by atoms with Gasteiger partial charge in [0.15, 0.2) is 0 Å².